The van der Waals surface area contributed by atoms with Gasteiger partial charge in [0.25, 0.3) is 11.8 Å². The quantitative estimate of drug-likeness (QED) is 0.577. The lowest BCUT2D eigenvalue weighted by molar-refractivity contribution is 0.0951. The molecule has 4 nitrogen and oxygen atoms in total. The maximum Gasteiger partial charge on any atom is 0.255 e. The molecule has 0 bridgehead atoms. The van der Waals surface area contributed by atoms with Crippen LogP contribution in [0.4, 0.5) is 14.5 Å². The Morgan fingerprint density at radius 3 is 1.93 bits per heavy atom. The molecule has 0 aliphatic rings. The summed E-state index contributed by atoms with van der Waals surface area (Å²) in [6, 6.07) is 19.2. The van der Waals surface area contributed by atoms with Crippen molar-refractivity contribution in [2.45, 2.75) is 12.8 Å². The van der Waals surface area contributed by atoms with Gasteiger partial charge in [-0.1, -0.05) is 36.4 Å². The van der Waals surface area contributed by atoms with E-state index in [4.69, 9.17) is 0 Å². The summed E-state index contributed by atoms with van der Waals surface area (Å²) in [6.07, 6.45) is 1.68. The van der Waals surface area contributed by atoms with Crippen molar-refractivity contribution in [2.24, 2.45) is 0 Å². The van der Waals surface area contributed by atoms with Gasteiger partial charge in [0, 0.05) is 17.7 Å². The van der Waals surface area contributed by atoms with Crippen molar-refractivity contribution in [2.75, 3.05) is 11.9 Å². The van der Waals surface area contributed by atoms with E-state index in [0.717, 1.165) is 25.0 Å². The molecule has 148 valence electrons. The maximum absolute atomic E-state index is 13.6. The Hall–Kier alpha value is -3.54. The average molecular weight is 394 g/mol. The first-order chi connectivity index (χ1) is 14.0. The summed E-state index contributed by atoms with van der Waals surface area (Å²) in [4.78, 5) is 24.4. The number of para-hydroxylation sites is 1. The van der Waals surface area contributed by atoms with Crippen LogP contribution in [0, 0.1) is 11.6 Å². The summed E-state index contributed by atoms with van der Waals surface area (Å²) in [5.74, 6) is -2.62. The Kier molecular flexibility index (Phi) is 6.68. The smallest absolute Gasteiger partial charge is 0.255 e. The highest BCUT2D eigenvalue weighted by Crippen LogP contribution is 2.19. The van der Waals surface area contributed by atoms with Crippen LogP contribution >= 0.6 is 0 Å². The minimum atomic E-state index is -0.857. The van der Waals surface area contributed by atoms with E-state index in [0.29, 0.717) is 12.1 Å². The van der Waals surface area contributed by atoms with Crippen LogP contribution in [0.15, 0.2) is 72.8 Å². The van der Waals surface area contributed by atoms with Gasteiger partial charge in [0.2, 0.25) is 0 Å². The van der Waals surface area contributed by atoms with E-state index >= 15 is 0 Å². The second-order valence-electron chi connectivity index (χ2n) is 6.47. The van der Waals surface area contributed by atoms with Crippen LogP contribution in [0.2, 0.25) is 0 Å². The second kappa shape index (κ2) is 9.59. The third-order valence-corrected chi connectivity index (χ3v) is 4.38. The fourth-order valence-corrected chi connectivity index (χ4v) is 2.82. The molecule has 0 aromatic heterocycles. The highest BCUT2D eigenvalue weighted by atomic mass is 19.1. The topological polar surface area (TPSA) is 58.2 Å². The van der Waals surface area contributed by atoms with Gasteiger partial charge in [-0.05, 0) is 54.8 Å². The summed E-state index contributed by atoms with van der Waals surface area (Å²) in [5, 5.41) is 5.05. The molecular formula is C23H20F2N2O2. The van der Waals surface area contributed by atoms with E-state index in [1.165, 1.54) is 35.9 Å². The normalized spacial score (nSPS) is 10.4. The number of amides is 2. The van der Waals surface area contributed by atoms with E-state index in [1.807, 2.05) is 30.3 Å². The first-order valence-electron chi connectivity index (χ1n) is 9.22. The molecule has 3 aromatic rings. The highest BCUT2D eigenvalue weighted by Gasteiger charge is 2.14. The van der Waals surface area contributed by atoms with Gasteiger partial charge in [0.1, 0.15) is 17.3 Å². The minimum absolute atomic E-state index is 0.188. The fourth-order valence-electron chi connectivity index (χ4n) is 2.82. The summed E-state index contributed by atoms with van der Waals surface area (Å²) in [5.41, 5.74) is 1.30. The number of carbonyl (C=O) groups excluding carboxylic acids is 2. The SMILES string of the molecule is O=C(NCCCc1ccccc1)c1ccc(C(=O)Nc2c(F)cccc2F)cc1. The maximum atomic E-state index is 13.6. The molecule has 0 fully saturated rings. The molecule has 0 atom stereocenters. The van der Waals surface area contributed by atoms with Crippen LogP contribution < -0.4 is 10.6 Å². The van der Waals surface area contributed by atoms with Gasteiger partial charge >= 0.3 is 0 Å². The average Bonchev–Trinajstić information content (AvgIpc) is 2.74. The molecule has 2 N–H and O–H groups in total. The van der Waals surface area contributed by atoms with Crippen molar-refractivity contribution in [1.82, 2.24) is 5.32 Å². The van der Waals surface area contributed by atoms with E-state index in [9.17, 15) is 18.4 Å². The third-order valence-electron chi connectivity index (χ3n) is 4.38. The number of anilines is 1. The largest absolute Gasteiger partial charge is 0.352 e. The number of rotatable bonds is 7. The van der Waals surface area contributed by atoms with Crippen molar-refractivity contribution in [3.05, 3.63) is 101 Å². The number of benzene rings is 3. The van der Waals surface area contributed by atoms with Gasteiger partial charge in [-0.2, -0.15) is 0 Å². The predicted molar refractivity (Wildman–Crippen MR) is 108 cm³/mol. The molecular weight excluding hydrogens is 374 g/mol. The summed E-state index contributed by atoms with van der Waals surface area (Å²) >= 11 is 0. The lowest BCUT2D eigenvalue weighted by Crippen LogP contribution is -2.25. The summed E-state index contributed by atoms with van der Waals surface area (Å²) in [6.45, 7) is 0.530. The molecule has 0 saturated carbocycles. The standard InChI is InChI=1S/C23H20F2N2O2/c24-19-9-4-10-20(25)21(19)27-23(29)18-13-11-17(12-14-18)22(28)26-15-5-8-16-6-2-1-3-7-16/h1-4,6-7,9-14H,5,8,15H2,(H,26,28)(H,27,29). The summed E-state index contributed by atoms with van der Waals surface area (Å²) < 4.78 is 27.3. The zero-order valence-electron chi connectivity index (χ0n) is 15.6. The van der Waals surface area contributed by atoms with Crippen LogP contribution in [0.5, 0.6) is 0 Å². The molecule has 0 radical (unpaired) electrons. The van der Waals surface area contributed by atoms with Crippen LogP contribution in [0.1, 0.15) is 32.7 Å². The van der Waals surface area contributed by atoms with Crippen molar-refractivity contribution < 1.29 is 18.4 Å². The molecule has 29 heavy (non-hydrogen) atoms. The first-order valence-corrected chi connectivity index (χ1v) is 9.22. The number of halogens is 2. The van der Waals surface area contributed by atoms with E-state index in [1.54, 1.807) is 0 Å². The van der Waals surface area contributed by atoms with Crippen molar-refractivity contribution in [1.29, 1.82) is 0 Å². The Bertz CT molecular complexity index is 969. The lowest BCUT2D eigenvalue weighted by Gasteiger charge is -2.09. The van der Waals surface area contributed by atoms with Gasteiger partial charge in [-0.15, -0.1) is 0 Å². The third kappa shape index (κ3) is 5.48. The van der Waals surface area contributed by atoms with Gasteiger partial charge < -0.3 is 10.6 Å². The Morgan fingerprint density at radius 1 is 0.724 bits per heavy atom. The molecule has 2 amide bonds. The van der Waals surface area contributed by atoms with E-state index in [2.05, 4.69) is 10.6 Å². The highest BCUT2D eigenvalue weighted by molar-refractivity contribution is 6.05. The van der Waals surface area contributed by atoms with E-state index < -0.39 is 23.2 Å². The zero-order chi connectivity index (χ0) is 20.6. The van der Waals surface area contributed by atoms with Crippen molar-refractivity contribution >= 4 is 17.5 Å². The van der Waals surface area contributed by atoms with Gasteiger partial charge in [0.05, 0.1) is 0 Å². The number of aryl methyl sites for hydroxylation is 1. The van der Waals surface area contributed by atoms with Crippen LogP contribution in [-0.2, 0) is 6.42 Å². The molecule has 0 aliphatic heterocycles. The van der Waals surface area contributed by atoms with Crippen LogP contribution in [0.3, 0.4) is 0 Å². The van der Waals surface area contributed by atoms with Crippen molar-refractivity contribution in [3.63, 3.8) is 0 Å². The van der Waals surface area contributed by atoms with E-state index in [-0.39, 0.29) is 11.5 Å². The number of hydrogen-bond donors (Lipinski definition) is 2. The molecule has 3 rings (SSSR count). The number of hydrogen-bond acceptors (Lipinski definition) is 2. The van der Waals surface area contributed by atoms with Crippen LogP contribution in [-0.4, -0.2) is 18.4 Å². The Morgan fingerprint density at radius 2 is 1.31 bits per heavy atom. The second-order valence-corrected chi connectivity index (χ2v) is 6.47. The number of carbonyl (C=O) groups is 2. The van der Waals surface area contributed by atoms with Gasteiger partial charge in [-0.25, -0.2) is 8.78 Å². The molecule has 6 heteroatoms. The molecule has 0 unspecified atom stereocenters. The summed E-state index contributed by atoms with van der Waals surface area (Å²) in [7, 11) is 0. The lowest BCUT2D eigenvalue weighted by atomic mass is 10.1. The fraction of sp³-hybridized carbons (Fsp3) is 0.130. The Balaban J connectivity index is 1.52. The molecule has 0 spiro atoms. The van der Waals surface area contributed by atoms with Crippen molar-refractivity contribution in [3.8, 4) is 0 Å². The van der Waals surface area contributed by atoms with Gasteiger partial charge in [-0.3, -0.25) is 9.59 Å². The zero-order valence-corrected chi connectivity index (χ0v) is 15.6. The molecule has 0 saturated heterocycles. The molecule has 0 aliphatic carbocycles. The minimum Gasteiger partial charge on any atom is -0.352 e. The number of nitrogens with one attached hydrogen (secondary N) is 2. The monoisotopic (exact) mass is 394 g/mol. The predicted octanol–water partition coefficient (Wildman–Crippen LogP) is 4.58. The van der Waals surface area contributed by atoms with Crippen LogP contribution in [0.25, 0.3) is 0 Å². The molecule has 0 heterocycles. The first kappa shape index (κ1) is 20.2. The molecule has 3 aromatic carbocycles. The van der Waals surface area contributed by atoms with Gasteiger partial charge in [0.15, 0.2) is 0 Å². The Labute approximate surface area is 167 Å².